The first-order chi connectivity index (χ1) is 36.1. The Morgan fingerprint density at radius 3 is 2.16 bits per heavy atom. The van der Waals surface area contributed by atoms with Crippen LogP contribution in [0.4, 0.5) is 10.5 Å². The largest absolute Gasteiger partial charge is 0.477 e. The molecule has 28 nitrogen and oxygen atoms in total. The fraction of sp³-hybridized carbons (Fsp3) is 0.745. The topological polar surface area (TPSA) is 432 Å². The number of thioether (sulfide) groups is 1. The lowest BCUT2D eigenvalue weighted by atomic mass is 9.88. The van der Waals surface area contributed by atoms with Crippen molar-refractivity contribution in [3.8, 4) is 5.75 Å². The Morgan fingerprint density at radius 2 is 1.49 bits per heavy atom. The Morgan fingerprint density at radius 1 is 0.816 bits per heavy atom. The summed E-state index contributed by atoms with van der Waals surface area (Å²) in [4.78, 5) is 73.7. The van der Waals surface area contributed by atoms with E-state index >= 15 is 0 Å². The molecule has 5 saturated heterocycles. The summed E-state index contributed by atoms with van der Waals surface area (Å²) >= 11 is 1.85. The molecular formula is C47H72N6O22S. The number of unbranched alkanes of at least 4 members (excludes halogenated alkanes) is 3. The van der Waals surface area contributed by atoms with Crippen molar-refractivity contribution in [1.29, 1.82) is 0 Å². The van der Waals surface area contributed by atoms with Crippen molar-refractivity contribution in [3.05, 3.63) is 24.3 Å². The molecule has 0 spiro atoms. The van der Waals surface area contributed by atoms with Crippen LogP contribution in [0.25, 0.3) is 0 Å². The van der Waals surface area contributed by atoms with Crippen LogP contribution < -0.4 is 36.6 Å². The zero-order valence-electron chi connectivity index (χ0n) is 41.9. The summed E-state index contributed by atoms with van der Waals surface area (Å²) in [5.41, 5.74) is 0.422. The number of aliphatic hydroxyl groups is 9. The molecular weight excluding hydrogens is 1030 g/mol. The molecule has 5 aliphatic rings. The van der Waals surface area contributed by atoms with Crippen LogP contribution in [0.5, 0.6) is 5.75 Å². The number of hydrogen-bond donors (Lipinski definition) is 16. The highest BCUT2D eigenvalue weighted by Crippen LogP contribution is 2.37. The molecule has 5 fully saturated rings. The number of amides is 6. The number of carbonyl (C=O) groups excluding carboxylic acids is 5. The molecule has 6 rings (SSSR count). The number of anilines is 1. The Labute approximate surface area is 440 Å². The van der Waals surface area contributed by atoms with Crippen molar-refractivity contribution in [2.24, 2.45) is 0 Å². The van der Waals surface area contributed by atoms with Gasteiger partial charge in [0, 0.05) is 56.3 Å². The lowest BCUT2D eigenvalue weighted by Gasteiger charge is -2.48. The lowest BCUT2D eigenvalue weighted by molar-refractivity contribution is -0.357. The molecule has 5 aliphatic heterocycles. The second-order valence-corrected chi connectivity index (χ2v) is 20.7. The highest BCUT2D eigenvalue weighted by atomic mass is 32.2. The molecule has 1 aromatic rings. The van der Waals surface area contributed by atoms with E-state index in [1.807, 2.05) is 11.8 Å². The van der Waals surface area contributed by atoms with E-state index in [0.717, 1.165) is 38.9 Å². The molecule has 16 N–H and O–H groups in total. The van der Waals surface area contributed by atoms with Gasteiger partial charge < -0.3 is 111 Å². The molecule has 428 valence electrons. The standard InChI is InChI=1S/C47H72N6O22S/c1-21(56)49-34-26(58)16-47(45(67)68,75-42(34)36(62)27(59)17-54)70-19-29-37(63)39(65)40(66)44(73-29)74-41-28(18-55)72-43(35(38(41)64)50-22(2)57)71-24-13-11-23(12-14-24)51-32(61)10-4-3-7-15-48-31(60)9-6-5-8-30-33-25(20-76-30)52-46(69)53-33/h11-14,25-30,33-44,54-55,58-59,62-66H,3-10,15-20H2,1-2H3,(H,48,60)(H,49,56)(H,50,57)(H,51,61)(H,67,68)(H2,52,53,69)/t25-,26-,27+,28+,29+,30-,33-,34+,35+,36+,37-,38+,39-,40+,41+,42+,43+,44-,47+/m0/s1. The summed E-state index contributed by atoms with van der Waals surface area (Å²) in [6.07, 6.45) is -19.9. The summed E-state index contributed by atoms with van der Waals surface area (Å²) in [7, 11) is 0. The number of benzene rings is 1. The molecule has 5 heterocycles. The third-order valence-corrected chi connectivity index (χ3v) is 15.2. The number of aliphatic carboxylic acids is 1. The predicted octanol–water partition coefficient (Wildman–Crippen LogP) is -4.65. The maximum absolute atomic E-state index is 12.7. The van der Waals surface area contributed by atoms with Crippen LogP contribution >= 0.6 is 11.8 Å². The third kappa shape index (κ3) is 15.6. The highest BCUT2D eigenvalue weighted by molar-refractivity contribution is 8.00. The van der Waals surface area contributed by atoms with Gasteiger partial charge in [-0.3, -0.25) is 19.2 Å². The lowest BCUT2D eigenvalue weighted by Crippen LogP contribution is -2.69. The Bertz CT molecular complexity index is 2120. The molecule has 0 aliphatic carbocycles. The number of urea groups is 1. The zero-order chi connectivity index (χ0) is 55.4. The fourth-order valence-corrected chi connectivity index (χ4v) is 11.2. The number of nitrogens with one attached hydrogen (secondary N) is 6. The Balaban J connectivity index is 0.973. The van der Waals surface area contributed by atoms with Gasteiger partial charge in [-0.25, -0.2) is 9.59 Å². The van der Waals surface area contributed by atoms with Gasteiger partial charge in [0.05, 0.1) is 44.1 Å². The van der Waals surface area contributed by atoms with Crippen LogP contribution in [0, 0.1) is 0 Å². The molecule has 6 amide bonds. The summed E-state index contributed by atoms with van der Waals surface area (Å²) < 4.78 is 34.7. The number of hydrogen-bond acceptors (Lipinski definition) is 22. The Kier molecular flexibility index (Phi) is 22.2. The van der Waals surface area contributed by atoms with Crippen LogP contribution in [0.1, 0.15) is 71.6 Å². The van der Waals surface area contributed by atoms with Gasteiger partial charge >= 0.3 is 12.0 Å². The monoisotopic (exact) mass is 1100 g/mol. The van der Waals surface area contributed by atoms with Crippen LogP contribution in [0.2, 0.25) is 0 Å². The minimum absolute atomic E-state index is 0.0232. The molecule has 19 atom stereocenters. The smallest absolute Gasteiger partial charge is 0.364 e. The van der Waals surface area contributed by atoms with Gasteiger partial charge in [0.15, 0.2) is 6.29 Å². The second-order valence-electron chi connectivity index (χ2n) is 19.5. The van der Waals surface area contributed by atoms with Crippen molar-refractivity contribution in [1.82, 2.24) is 26.6 Å². The molecule has 76 heavy (non-hydrogen) atoms. The molecule has 0 unspecified atom stereocenters. The first-order valence-electron chi connectivity index (χ1n) is 25.2. The van der Waals surface area contributed by atoms with E-state index in [-0.39, 0.29) is 42.1 Å². The van der Waals surface area contributed by atoms with Gasteiger partial charge in [-0.15, -0.1) is 0 Å². The summed E-state index contributed by atoms with van der Waals surface area (Å²) in [6, 6.07) is 3.26. The van der Waals surface area contributed by atoms with Crippen LogP contribution in [-0.2, 0) is 47.7 Å². The fourth-order valence-electron chi connectivity index (χ4n) is 9.69. The number of carboxylic acid groups (broad SMARTS) is 1. The van der Waals surface area contributed by atoms with Crippen molar-refractivity contribution in [2.45, 2.75) is 187 Å². The quantitative estimate of drug-likeness (QED) is 0.0306. The van der Waals surface area contributed by atoms with Gasteiger partial charge in [0.2, 0.25) is 29.9 Å². The highest BCUT2D eigenvalue weighted by Gasteiger charge is 2.57. The maximum atomic E-state index is 12.7. The Hall–Kier alpha value is -4.57. The van der Waals surface area contributed by atoms with Gasteiger partial charge in [0.1, 0.15) is 72.8 Å². The van der Waals surface area contributed by atoms with Crippen molar-refractivity contribution in [2.75, 3.05) is 37.4 Å². The van der Waals surface area contributed by atoms with Gasteiger partial charge in [-0.1, -0.05) is 12.8 Å². The molecule has 1 aromatic carbocycles. The van der Waals surface area contributed by atoms with Crippen LogP contribution in [0.3, 0.4) is 0 Å². The minimum atomic E-state index is -2.89. The van der Waals surface area contributed by atoms with Crippen molar-refractivity contribution >= 4 is 53.1 Å². The molecule has 0 bridgehead atoms. The van der Waals surface area contributed by atoms with E-state index in [0.29, 0.717) is 43.2 Å². The van der Waals surface area contributed by atoms with Crippen LogP contribution in [-0.4, -0.2) is 234 Å². The van der Waals surface area contributed by atoms with E-state index in [4.69, 9.17) is 28.4 Å². The van der Waals surface area contributed by atoms with Crippen molar-refractivity contribution in [3.63, 3.8) is 0 Å². The van der Waals surface area contributed by atoms with E-state index in [2.05, 4.69) is 31.9 Å². The first-order valence-corrected chi connectivity index (χ1v) is 26.3. The molecule has 0 aromatic heterocycles. The number of rotatable bonds is 26. The number of aliphatic hydroxyl groups excluding tert-OH is 9. The predicted molar refractivity (Wildman–Crippen MR) is 261 cm³/mol. The SMILES string of the molecule is CC(=O)N[C@H]1[C@H](Oc2ccc(NC(=O)CCCCCNC(=O)CCCC[C@@H]3SC[C@@H]4NC(=O)N[C@@H]43)cc2)O[C@H](CO)[C@@H](O[C@@H]2O[C@H](CO[C@]3(C(=O)O)C[C@H](O)[C@@H](NC(C)=O)[C@H]([C@H](O)[C@H](O)CO)O3)[C@H](O)[C@H](O)[C@H]2O)[C@@H]1O. The van der Waals surface area contributed by atoms with Crippen molar-refractivity contribution < 1.29 is 108 Å². The number of carbonyl (C=O) groups is 6. The number of ether oxygens (including phenoxy) is 6. The average Bonchev–Trinajstić information content (AvgIpc) is 3.94. The third-order valence-electron chi connectivity index (χ3n) is 13.7. The first kappa shape index (κ1) is 60.7. The van der Waals surface area contributed by atoms with E-state index in [1.165, 1.54) is 24.3 Å². The normalized spacial score (nSPS) is 34.9. The summed E-state index contributed by atoms with van der Waals surface area (Å²) in [6.45, 7) is -0.231. The van der Waals surface area contributed by atoms with Gasteiger partial charge in [-0.05, 0) is 49.9 Å². The minimum Gasteiger partial charge on any atom is -0.477 e. The van der Waals surface area contributed by atoms with E-state index in [9.17, 15) is 79.8 Å². The molecule has 0 saturated carbocycles. The number of carboxylic acids is 1. The van der Waals surface area contributed by atoms with Gasteiger partial charge in [-0.2, -0.15) is 11.8 Å². The summed E-state index contributed by atoms with van der Waals surface area (Å²) in [5.74, 6) is -5.43. The van der Waals surface area contributed by atoms with E-state index in [1.54, 1.807) is 0 Å². The maximum Gasteiger partial charge on any atom is 0.364 e. The number of fused-ring (bicyclic) bond motifs is 1. The van der Waals surface area contributed by atoms with Crippen LogP contribution in [0.15, 0.2) is 24.3 Å². The van der Waals surface area contributed by atoms with Gasteiger partial charge in [0.25, 0.3) is 5.79 Å². The zero-order valence-corrected chi connectivity index (χ0v) is 42.7. The summed E-state index contributed by atoms with van der Waals surface area (Å²) in [5, 5.41) is 123. The second kappa shape index (κ2) is 27.8. The average molecular weight is 1110 g/mol. The molecule has 0 radical (unpaired) electrons. The molecule has 29 heteroatoms. The van der Waals surface area contributed by atoms with E-state index < -0.39 is 142 Å².